The third-order valence-electron chi connectivity index (χ3n) is 1.97. The van der Waals surface area contributed by atoms with Crippen molar-refractivity contribution in [2.45, 2.75) is 20.3 Å². The second-order valence-electron chi connectivity index (χ2n) is 3.87. The van der Waals surface area contributed by atoms with Crippen LogP contribution in [0.25, 0.3) is 0 Å². The van der Waals surface area contributed by atoms with E-state index in [1.54, 1.807) is 7.11 Å². The lowest BCUT2D eigenvalue weighted by Crippen LogP contribution is -2.13. The van der Waals surface area contributed by atoms with E-state index < -0.39 is 0 Å². The minimum Gasteiger partial charge on any atom is -0.497 e. The Hall–Kier alpha value is -1.51. The second-order valence-corrected chi connectivity index (χ2v) is 3.87. The largest absolute Gasteiger partial charge is 0.497 e. The van der Waals surface area contributed by atoms with Gasteiger partial charge in [-0.15, -0.1) is 0 Å². The fourth-order valence-corrected chi connectivity index (χ4v) is 1.26. The third-order valence-corrected chi connectivity index (χ3v) is 1.97. The van der Waals surface area contributed by atoms with Gasteiger partial charge in [0.2, 0.25) is 5.91 Å². The third kappa shape index (κ3) is 4.02. The van der Waals surface area contributed by atoms with Crippen molar-refractivity contribution < 1.29 is 9.53 Å². The molecule has 0 spiro atoms. The summed E-state index contributed by atoms with van der Waals surface area (Å²) in [6.07, 6.45) is 0.548. The summed E-state index contributed by atoms with van der Waals surface area (Å²) in [5.41, 5.74) is 0.807. The molecule has 82 valence electrons. The van der Waals surface area contributed by atoms with Crippen molar-refractivity contribution in [2.24, 2.45) is 5.92 Å². The minimum absolute atomic E-state index is 0.0511. The van der Waals surface area contributed by atoms with E-state index in [0.29, 0.717) is 12.3 Å². The molecule has 0 atom stereocenters. The standard InChI is InChI=1S/C12H17NO2/c1-9(2)8-12(14)13-10-4-6-11(15-3)7-5-10/h4-7,9H,8H2,1-3H3,(H,13,14). The predicted molar refractivity (Wildman–Crippen MR) is 61.1 cm³/mol. The van der Waals surface area contributed by atoms with Crippen LogP contribution in [0.3, 0.4) is 0 Å². The maximum atomic E-state index is 11.4. The van der Waals surface area contributed by atoms with Crippen LogP contribution in [0.15, 0.2) is 24.3 Å². The van der Waals surface area contributed by atoms with E-state index in [1.807, 2.05) is 38.1 Å². The molecule has 0 aliphatic rings. The van der Waals surface area contributed by atoms with Crippen molar-refractivity contribution >= 4 is 11.6 Å². The second kappa shape index (κ2) is 5.39. The Morgan fingerprint density at radius 1 is 1.33 bits per heavy atom. The molecular weight excluding hydrogens is 190 g/mol. The lowest BCUT2D eigenvalue weighted by atomic mass is 10.1. The number of carbonyl (C=O) groups excluding carboxylic acids is 1. The van der Waals surface area contributed by atoms with Gasteiger partial charge in [0.1, 0.15) is 5.75 Å². The Bertz CT molecular complexity index is 317. The summed E-state index contributed by atoms with van der Waals surface area (Å²) in [4.78, 5) is 11.4. The van der Waals surface area contributed by atoms with Crippen molar-refractivity contribution in [1.82, 2.24) is 0 Å². The maximum absolute atomic E-state index is 11.4. The summed E-state index contributed by atoms with van der Waals surface area (Å²) >= 11 is 0. The Morgan fingerprint density at radius 3 is 2.40 bits per heavy atom. The van der Waals surface area contributed by atoms with Gasteiger partial charge in [-0.2, -0.15) is 0 Å². The molecule has 0 bridgehead atoms. The van der Waals surface area contributed by atoms with E-state index in [2.05, 4.69) is 5.32 Å². The van der Waals surface area contributed by atoms with E-state index >= 15 is 0 Å². The van der Waals surface area contributed by atoms with Crippen LogP contribution in [-0.4, -0.2) is 13.0 Å². The van der Waals surface area contributed by atoms with Crippen LogP contribution in [0.4, 0.5) is 5.69 Å². The van der Waals surface area contributed by atoms with Gasteiger partial charge in [-0.05, 0) is 30.2 Å². The number of ether oxygens (including phenoxy) is 1. The molecule has 1 aromatic rings. The molecule has 0 aliphatic heterocycles. The zero-order valence-electron chi connectivity index (χ0n) is 9.41. The predicted octanol–water partition coefficient (Wildman–Crippen LogP) is 2.68. The highest BCUT2D eigenvalue weighted by Crippen LogP contribution is 2.15. The first-order chi connectivity index (χ1) is 7.11. The quantitative estimate of drug-likeness (QED) is 0.824. The van der Waals surface area contributed by atoms with E-state index in [0.717, 1.165) is 11.4 Å². The van der Waals surface area contributed by atoms with Gasteiger partial charge < -0.3 is 10.1 Å². The summed E-state index contributed by atoms with van der Waals surface area (Å²) < 4.78 is 5.03. The Labute approximate surface area is 90.4 Å². The van der Waals surface area contributed by atoms with Gasteiger partial charge in [0.05, 0.1) is 7.11 Å². The number of amides is 1. The highest BCUT2D eigenvalue weighted by atomic mass is 16.5. The van der Waals surface area contributed by atoms with Crippen molar-refractivity contribution in [3.05, 3.63) is 24.3 Å². The molecule has 15 heavy (non-hydrogen) atoms. The number of hydrogen-bond acceptors (Lipinski definition) is 2. The molecule has 0 radical (unpaired) electrons. The molecule has 0 fully saturated rings. The first-order valence-corrected chi connectivity index (χ1v) is 5.05. The molecule has 0 aromatic heterocycles. The molecule has 1 rings (SSSR count). The fraction of sp³-hybridized carbons (Fsp3) is 0.417. The molecule has 0 aliphatic carbocycles. The van der Waals surface area contributed by atoms with Crippen LogP contribution in [0.2, 0.25) is 0 Å². The number of anilines is 1. The van der Waals surface area contributed by atoms with Crippen LogP contribution < -0.4 is 10.1 Å². The molecule has 3 nitrogen and oxygen atoms in total. The Balaban J connectivity index is 2.53. The highest BCUT2D eigenvalue weighted by molar-refractivity contribution is 5.90. The summed E-state index contributed by atoms with van der Waals surface area (Å²) in [7, 11) is 1.62. The zero-order chi connectivity index (χ0) is 11.3. The van der Waals surface area contributed by atoms with Crippen molar-refractivity contribution in [3.63, 3.8) is 0 Å². The molecule has 1 amide bonds. The van der Waals surface area contributed by atoms with Gasteiger partial charge in [0.15, 0.2) is 0 Å². The molecule has 0 saturated heterocycles. The van der Waals surface area contributed by atoms with Gasteiger partial charge in [0, 0.05) is 12.1 Å². The van der Waals surface area contributed by atoms with Gasteiger partial charge in [-0.3, -0.25) is 4.79 Å². The van der Waals surface area contributed by atoms with E-state index in [-0.39, 0.29) is 5.91 Å². The van der Waals surface area contributed by atoms with E-state index in [4.69, 9.17) is 4.74 Å². The van der Waals surface area contributed by atoms with Crippen molar-refractivity contribution in [2.75, 3.05) is 12.4 Å². The topological polar surface area (TPSA) is 38.3 Å². The SMILES string of the molecule is COc1ccc(NC(=O)CC(C)C)cc1. The normalized spacial score (nSPS) is 10.1. The van der Waals surface area contributed by atoms with Crippen LogP contribution in [0.5, 0.6) is 5.75 Å². The lowest BCUT2D eigenvalue weighted by molar-refractivity contribution is -0.116. The van der Waals surface area contributed by atoms with Gasteiger partial charge in [-0.25, -0.2) is 0 Å². The van der Waals surface area contributed by atoms with Crippen molar-refractivity contribution in [3.8, 4) is 5.75 Å². The van der Waals surface area contributed by atoms with E-state index in [1.165, 1.54) is 0 Å². The summed E-state index contributed by atoms with van der Waals surface area (Å²) in [5.74, 6) is 1.22. The molecule has 0 heterocycles. The van der Waals surface area contributed by atoms with E-state index in [9.17, 15) is 4.79 Å². The molecule has 0 saturated carbocycles. The monoisotopic (exact) mass is 207 g/mol. The van der Waals surface area contributed by atoms with Gasteiger partial charge in [-0.1, -0.05) is 13.8 Å². The van der Waals surface area contributed by atoms with Crippen molar-refractivity contribution in [1.29, 1.82) is 0 Å². The van der Waals surface area contributed by atoms with Crippen LogP contribution in [0, 0.1) is 5.92 Å². The van der Waals surface area contributed by atoms with Crippen LogP contribution in [0.1, 0.15) is 20.3 Å². The fourth-order valence-electron chi connectivity index (χ4n) is 1.26. The first kappa shape index (κ1) is 11.6. The molecule has 0 unspecified atom stereocenters. The molecule has 1 aromatic carbocycles. The number of methoxy groups -OCH3 is 1. The Kier molecular flexibility index (Phi) is 4.16. The molecule has 3 heteroatoms. The number of hydrogen-bond donors (Lipinski definition) is 1. The lowest BCUT2D eigenvalue weighted by Gasteiger charge is -2.07. The van der Waals surface area contributed by atoms with Crippen LogP contribution in [-0.2, 0) is 4.79 Å². The number of rotatable bonds is 4. The summed E-state index contributed by atoms with van der Waals surface area (Å²) in [5, 5.41) is 2.83. The first-order valence-electron chi connectivity index (χ1n) is 5.05. The van der Waals surface area contributed by atoms with Crippen LogP contribution >= 0.6 is 0 Å². The average Bonchev–Trinajstić information content (AvgIpc) is 2.17. The highest BCUT2D eigenvalue weighted by Gasteiger charge is 2.04. The van der Waals surface area contributed by atoms with Gasteiger partial charge >= 0.3 is 0 Å². The molecule has 1 N–H and O–H groups in total. The average molecular weight is 207 g/mol. The number of carbonyl (C=O) groups is 1. The Morgan fingerprint density at radius 2 is 1.93 bits per heavy atom. The number of benzene rings is 1. The zero-order valence-corrected chi connectivity index (χ0v) is 9.41. The number of nitrogens with one attached hydrogen (secondary N) is 1. The summed E-state index contributed by atoms with van der Waals surface area (Å²) in [6, 6.07) is 7.31. The maximum Gasteiger partial charge on any atom is 0.224 e. The summed E-state index contributed by atoms with van der Waals surface area (Å²) in [6.45, 7) is 4.04. The smallest absolute Gasteiger partial charge is 0.224 e. The molecular formula is C12H17NO2. The minimum atomic E-state index is 0.0511. The van der Waals surface area contributed by atoms with Gasteiger partial charge in [0.25, 0.3) is 0 Å².